The van der Waals surface area contributed by atoms with E-state index < -0.39 is 5.91 Å². The van der Waals surface area contributed by atoms with Crippen molar-refractivity contribution in [2.24, 2.45) is 10.8 Å². The summed E-state index contributed by atoms with van der Waals surface area (Å²) in [5.74, 6) is 0.335. The fourth-order valence-corrected chi connectivity index (χ4v) is 2.46. The number of carbonyl (C=O) groups excluding carboxylic acids is 1. The van der Waals surface area contributed by atoms with Crippen molar-refractivity contribution in [3.63, 3.8) is 0 Å². The number of nitrogens with two attached hydrogens (primary N) is 1. The maximum absolute atomic E-state index is 10.8. The maximum Gasteiger partial charge on any atom is 0.255 e. The minimum Gasteiger partial charge on any atom is -0.493 e. The lowest BCUT2D eigenvalue weighted by Crippen LogP contribution is -2.24. The highest BCUT2D eigenvalue weighted by atomic mass is 32.1. The predicted molar refractivity (Wildman–Crippen MR) is 111 cm³/mol. The van der Waals surface area contributed by atoms with Crippen LogP contribution >= 0.6 is 12.2 Å². The summed E-state index contributed by atoms with van der Waals surface area (Å²) in [4.78, 5) is 10.8. The third kappa shape index (κ3) is 6.27. The number of anilines is 1. The first-order valence-electron chi connectivity index (χ1n) is 8.15. The van der Waals surface area contributed by atoms with Crippen LogP contribution in [0.25, 0.3) is 0 Å². The molecule has 0 heterocycles. The van der Waals surface area contributed by atoms with Crippen LogP contribution in [0.3, 0.4) is 0 Å². The number of primary amides is 1. The van der Waals surface area contributed by atoms with Crippen LogP contribution in [-0.2, 0) is 4.79 Å². The quantitative estimate of drug-likeness (QED) is 0.384. The summed E-state index contributed by atoms with van der Waals surface area (Å²) in [6.07, 6.45) is 1.59. The zero-order valence-corrected chi connectivity index (χ0v) is 16.2. The number of hydrogen-bond donors (Lipinski definition) is 3. The van der Waals surface area contributed by atoms with Gasteiger partial charge < -0.3 is 20.5 Å². The first-order chi connectivity index (χ1) is 12.9. The zero-order chi connectivity index (χ0) is 19.8. The third-order valence-corrected chi connectivity index (χ3v) is 3.76. The number of benzene rings is 2. The lowest BCUT2D eigenvalue weighted by molar-refractivity contribution is -0.119. The topological polar surface area (TPSA) is 98.0 Å². The molecule has 0 radical (unpaired) electrons. The maximum atomic E-state index is 10.8. The lowest BCUT2D eigenvalue weighted by atomic mass is 10.1. The van der Waals surface area contributed by atoms with Gasteiger partial charge in [-0.1, -0.05) is 17.7 Å². The average molecular weight is 386 g/mol. The van der Waals surface area contributed by atoms with Crippen molar-refractivity contribution in [3.8, 4) is 11.5 Å². The molecule has 0 aliphatic carbocycles. The number of aryl methyl sites for hydroxylation is 2. The van der Waals surface area contributed by atoms with Crippen molar-refractivity contribution in [2.75, 3.05) is 19.0 Å². The van der Waals surface area contributed by atoms with E-state index in [9.17, 15) is 4.79 Å². The Balaban J connectivity index is 1.96. The van der Waals surface area contributed by atoms with Gasteiger partial charge in [-0.15, -0.1) is 0 Å². The van der Waals surface area contributed by atoms with E-state index in [0.29, 0.717) is 16.6 Å². The van der Waals surface area contributed by atoms with E-state index in [0.717, 1.165) is 16.8 Å². The van der Waals surface area contributed by atoms with Crippen molar-refractivity contribution in [3.05, 3.63) is 53.1 Å². The summed E-state index contributed by atoms with van der Waals surface area (Å²) in [7, 11) is 1.51. The highest BCUT2D eigenvalue weighted by Crippen LogP contribution is 2.27. The normalized spacial score (nSPS) is 10.5. The fraction of sp³-hybridized carbons (Fsp3) is 0.211. The van der Waals surface area contributed by atoms with Crippen LogP contribution in [0.4, 0.5) is 5.69 Å². The third-order valence-electron chi connectivity index (χ3n) is 3.57. The van der Waals surface area contributed by atoms with E-state index in [1.165, 1.54) is 12.7 Å². The molecule has 7 nitrogen and oxygen atoms in total. The molecule has 0 atom stereocenters. The van der Waals surface area contributed by atoms with Crippen molar-refractivity contribution >= 4 is 35.1 Å². The minimum atomic E-state index is -0.559. The summed E-state index contributed by atoms with van der Waals surface area (Å²) in [6, 6.07) is 11.2. The molecule has 8 heteroatoms. The number of amides is 1. The van der Waals surface area contributed by atoms with Crippen LogP contribution in [0.1, 0.15) is 16.7 Å². The van der Waals surface area contributed by atoms with Crippen LogP contribution in [0.15, 0.2) is 41.5 Å². The molecular formula is C19H22N4O3S. The molecule has 27 heavy (non-hydrogen) atoms. The van der Waals surface area contributed by atoms with Crippen molar-refractivity contribution in [1.29, 1.82) is 0 Å². The molecule has 0 unspecified atom stereocenters. The molecule has 0 aromatic heterocycles. The molecule has 0 bridgehead atoms. The summed E-state index contributed by atoms with van der Waals surface area (Å²) in [5, 5.41) is 7.60. The van der Waals surface area contributed by atoms with Gasteiger partial charge in [-0.2, -0.15) is 5.10 Å². The van der Waals surface area contributed by atoms with Gasteiger partial charge in [0.15, 0.2) is 23.2 Å². The molecule has 2 aromatic rings. The molecular weight excluding hydrogens is 364 g/mol. The molecule has 0 spiro atoms. The van der Waals surface area contributed by atoms with Gasteiger partial charge in [0.1, 0.15) is 0 Å². The molecule has 2 aromatic carbocycles. The molecule has 0 aliphatic heterocycles. The van der Waals surface area contributed by atoms with Crippen LogP contribution < -0.4 is 25.9 Å². The zero-order valence-electron chi connectivity index (χ0n) is 15.4. The molecule has 142 valence electrons. The second-order valence-corrected chi connectivity index (χ2v) is 6.22. The largest absolute Gasteiger partial charge is 0.493 e. The first-order valence-corrected chi connectivity index (χ1v) is 8.56. The Bertz CT molecular complexity index is 868. The Kier molecular flexibility index (Phi) is 7.13. The van der Waals surface area contributed by atoms with E-state index in [4.69, 9.17) is 27.4 Å². The standard InChI is InChI=1S/C19H22N4O3S/c1-12-4-6-15(13(2)8-12)22-19(27)23-21-10-14-5-7-16(17(9-14)25-3)26-11-18(20)24/h4-10H,11H2,1-3H3,(H2,20,24)(H2,22,23,27)/b21-10-. The smallest absolute Gasteiger partial charge is 0.255 e. The van der Waals surface area contributed by atoms with Crippen molar-refractivity contribution in [1.82, 2.24) is 5.43 Å². The Morgan fingerprint density at radius 3 is 2.67 bits per heavy atom. The number of carbonyl (C=O) groups is 1. The number of nitrogens with zero attached hydrogens (tertiary/aromatic N) is 1. The fourth-order valence-electron chi connectivity index (χ4n) is 2.30. The Morgan fingerprint density at radius 2 is 2.00 bits per heavy atom. The van der Waals surface area contributed by atoms with Crippen molar-refractivity contribution in [2.45, 2.75) is 13.8 Å². The molecule has 0 fully saturated rings. The second-order valence-electron chi connectivity index (χ2n) is 5.81. The number of hydrogen-bond acceptors (Lipinski definition) is 5. The van der Waals surface area contributed by atoms with E-state index in [2.05, 4.69) is 21.9 Å². The molecule has 0 aliphatic rings. The Labute approximate surface area is 163 Å². The SMILES string of the molecule is COc1cc(/C=N\NC(=S)Nc2ccc(C)cc2C)ccc1OCC(N)=O. The average Bonchev–Trinajstić information content (AvgIpc) is 2.62. The number of rotatable bonds is 7. The predicted octanol–water partition coefficient (Wildman–Crippen LogP) is 2.50. The molecule has 2 rings (SSSR count). The van der Waals surface area contributed by atoms with Crippen LogP contribution in [0.5, 0.6) is 11.5 Å². The van der Waals surface area contributed by atoms with Gasteiger partial charge in [-0.25, -0.2) is 0 Å². The van der Waals surface area contributed by atoms with E-state index in [1.54, 1.807) is 24.4 Å². The number of thiocarbonyl (C=S) groups is 1. The number of hydrazone groups is 1. The van der Waals surface area contributed by atoms with E-state index in [-0.39, 0.29) is 6.61 Å². The molecule has 0 saturated heterocycles. The number of nitrogens with one attached hydrogen (secondary N) is 2. The number of methoxy groups -OCH3 is 1. The molecule has 1 amide bonds. The van der Waals surface area contributed by atoms with Crippen LogP contribution in [-0.4, -0.2) is 31.0 Å². The van der Waals surface area contributed by atoms with Crippen LogP contribution in [0.2, 0.25) is 0 Å². The van der Waals surface area contributed by atoms with Gasteiger partial charge in [-0.3, -0.25) is 10.2 Å². The summed E-state index contributed by atoms with van der Waals surface area (Å²) < 4.78 is 10.5. The first kappa shape index (κ1) is 20.2. The van der Waals surface area contributed by atoms with Gasteiger partial charge in [0.2, 0.25) is 0 Å². The van der Waals surface area contributed by atoms with Gasteiger partial charge in [0.25, 0.3) is 5.91 Å². The van der Waals surface area contributed by atoms with Gasteiger partial charge in [0.05, 0.1) is 13.3 Å². The summed E-state index contributed by atoms with van der Waals surface area (Å²) in [5.41, 5.74) is 11.8. The molecule has 0 saturated carbocycles. The van der Waals surface area contributed by atoms with Crippen molar-refractivity contribution < 1.29 is 14.3 Å². The van der Waals surface area contributed by atoms with Gasteiger partial charge >= 0.3 is 0 Å². The highest BCUT2D eigenvalue weighted by Gasteiger charge is 2.06. The lowest BCUT2D eigenvalue weighted by Gasteiger charge is -2.11. The van der Waals surface area contributed by atoms with E-state index >= 15 is 0 Å². The number of ether oxygens (including phenoxy) is 2. The highest BCUT2D eigenvalue weighted by molar-refractivity contribution is 7.80. The van der Waals surface area contributed by atoms with E-state index in [1.807, 2.05) is 26.0 Å². The second kappa shape index (κ2) is 9.54. The van der Waals surface area contributed by atoms with Gasteiger partial charge in [-0.05, 0) is 61.5 Å². The molecule has 4 N–H and O–H groups in total. The Hall–Kier alpha value is -3.13. The monoisotopic (exact) mass is 386 g/mol. The minimum absolute atomic E-state index is 0.219. The summed E-state index contributed by atoms with van der Waals surface area (Å²) >= 11 is 5.25. The Morgan fingerprint density at radius 1 is 1.22 bits per heavy atom. The summed E-state index contributed by atoms with van der Waals surface area (Å²) in [6.45, 7) is 3.83. The van der Waals surface area contributed by atoms with Crippen LogP contribution in [0, 0.1) is 13.8 Å². The van der Waals surface area contributed by atoms with Gasteiger partial charge in [0, 0.05) is 5.69 Å².